The number of nitrogens with zero attached hydrogens (tertiary/aromatic N) is 3. The summed E-state index contributed by atoms with van der Waals surface area (Å²) >= 11 is 1.42. The van der Waals surface area contributed by atoms with Crippen LogP contribution in [0.15, 0.2) is 73.1 Å². The summed E-state index contributed by atoms with van der Waals surface area (Å²) in [6.07, 6.45) is 7.29. The number of unbranched alkanes of at least 4 members (excludes halogenated alkanes) is 1. The lowest BCUT2D eigenvalue weighted by Gasteiger charge is -2.11. The maximum Gasteiger partial charge on any atom is 0.258 e. The van der Waals surface area contributed by atoms with E-state index >= 15 is 0 Å². The molecular weight excluding hydrogens is 420 g/mol. The van der Waals surface area contributed by atoms with Crippen molar-refractivity contribution in [2.75, 3.05) is 12.4 Å². The largest absolute Gasteiger partial charge is 0.496 e. The van der Waals surface area contributed by atoms with Crippen LogP contribution >= 0.6 is 11.3 Å². The van der Waals surface area contributed by atoms with E-state index in [0.29, 0.717) is 22.0 Å². The number of benzene rings is 2. The minimum atomic E-state index is -0.250. The second-order valence-corrected chi connectivity index (χ2v) is 8.33. The lowest BCUT2D eigenvalue weighted by Crippen LogP contribution is -2.13. The molecular formula is C25H24N4O2S. The molecule has 2 aromatic carbocycles. The minimum absolute atomic E-state index is 0.250. The second kappa shape index (κ2) is 10.6. The average Bonchev–Trinajstić information content (AvgIpc) is 3.29. The number of aryl methyl sites for hydroxylation is 2. The molecule has 0 radical (unpaired) electrons. The summed E-state index contributed by atoms with van der Waals surface area (Å²) in [7, 11) is 1.61. The van der Waals surface area contributed by atoms with E-state index in [4.69, 9.17) is 4.74 Å². The molecule has 0 aliphatic rings. The first-order chi connectivity index (χ1) is 15.7. The summed E-state index contributed by atoms with van der Waals surface area (Å²) in [5.74, 6) is 0.434. The molecule has 0 bridgehead atoms. The maximum atomic E-state index is 13.0. The van der Waals surface area contributed by atoms with Gasteiger partial charge in [-0.1, -0.05) is 59.9 Å². The van der Waals surface area contributed by atoms with Gasteiger partial charge in [-0.3, -0.25) is 15.1 Å². The zero-order valence-corrected chi connectivity index (χ0v) is 18.6. The van der Waals surface area contributed by atoms with Gasteiger partial charge in [0.05, 0.1) is 12.7 Å². The summed E-state index contributed by atoms with van der Waals surface area (Å²) in [4.78, 5) is 17.2. The van der Waals surface area contributed by atoms with Crippen LogP contribution < -0.4 is 10.1 Å². The lowest BCUT2D eigenvalue weighted by molar-refractivity contribution is 0.102. The van der Waals surface area contributed by atoms with Gasteiger partial charge < -0.3 is 4.74 Å². The molecule has 6 nitrogen and oxygen atoms in total. The summed E-state index contributed by atoms with van der Waals surface area (Å²) < 4.78 is 5.45. The highest BCUT2D eigenvalue weighted by Gasteiger charge is 2.17. The number of hydrogen-bond acceptors (Lipinski definition) is 6. The fourth-order valence-electron chi connectivity index (χ4n) is 3.49. The SMILES string of the molecule is COc1ccccc1-c1cnccc1C(=O)Nc1nnc(CCCCc2ccccc2)s1. The Morgan fingerprint density at radius 1 is 0.938 bits per heavy atom. The maximum absolute atomic E-state index is 13.0. The van der Waals surface area contributed by atoms with E-state index in [1.807, 2.05) is 30.3 Å². The standard InChI is InChI=1S/C25H24N4O2S/c1-31-22-13-7-6-12-19(22)21-17-26-16-15-20(21)24(30)27-25-29-28-23(32-25)14-8-5-11-18-9-3-2-4-10-18/h2-4,6-7,9-10,12-13,15-17H,5,8,11,14H2,1H3,(H,27,29,30). The number of ether oxygens (including phenoxy) is 1. The number of nitrogens with one attached hydrogen (secondary N) is 1. The molecule has 7 heteroatoms. The summed E-state index contributed by atoms with van der Waals surface area (Å²) in [5.41, 5.74) is 3.36. The number of aromatic nitrogens is 3. The normalized spacial score (nSPS) is 10.7. The van der Waals surface area contributed by atoms with Crippen molar-refractivity contribution in [2.24, 2.45) is 0 Å². The molecule has 32 heavy (non-hydrogen) atoms. The number of anilines is 1. The van der Waals surface area contributed by atoms with E-state index in [0.717, 1.165) is 36.3 Å². The molecule has 0 aliphatic heterocycles. The molecule has 4 rings (SSSR count). The van der Waals surface area contributed by atoms with Gasteiger partial charge in [-0.25, -0.2) is 0 Å². The van der Waals surface area contributed by atoms with Gasteiger partial charge in [0.1, 0.15) is 10.8 Å². The Morgan fingerprint density at radius 2 is 1.72 bits per heavy atom. The van der Waals surface area contributed by atoms with Gasteiger partial charge in [-0.15, -0.1) is 10.2 Å². The first-order valence-electron chi connectivity index (χ1n) is 10.5. The number of amides is 1. The van der Waals surface area contributed by atoms with E-state index in [1.54, 1.807) is 25.6 Å². The second-order valence-electron chi connectivity index (χ2n) is 7.27. The molecule has 4 aromatic rings. The monoisotopic (exact) mass is 444 g/mol. The molecule has 0 saturated heterocycles. The fraction of sp³-hybridized carbons (Fsp3) is 0.200. The Bertz CT molecular complexity index is 1180. The van der Waals surface area contributed by atoms with Crippen molar-refractivity contribution >= 4 is 22.4 Å². The van der Waals surface area contributed by atoms with Crippen LogP contribution in [0.4, 0.5) is 5.13 Å². The van der Waals surface area contributed by atoms with Crippen LogP contribution in [0.25, 0.3) is 11.1 Å². The van der Waals surface area contributed by atoms with Gasteiger partial charge in [-0.2, -0.15) is 0 Å². The molecule has 2 heterocycles. The number of methoxy groups -OCH3 is 1. The van der Waals surface area contributed by atoms with Crippen molar-refractivity contribution in [3.05, 3.63) is 89.2 Å². The van der Waals surface area contributed by atoms with Crippen LogP contribution in [-0.2, 0) is 12.8 Å². The lowest BCUT2D eigenvalue weighted by atomic mass is 10.0. The molecule has 0 atom stereocenters. The van der Waals surface area contributed by atoms with Gasteiger partial charge in [0.15, 0.2) is 0 Å². The van der Waals surface area contributed by atoms with Crippen LogP contribution in [0, 0.1) is 0 Å². The number of carbonyl (C=O) groups is 1. The van der Waals surface area contributed by atoms with Gasteiger partial charge >= 0.3 is 0 Å². The van der Waals surface area contributed by atoms with E-state index in [2.05, 4.69) is 44.8 Å². The molecule has 1 amide bonds. The van der Waals surface area contributed by atoms with Crippen LogP contribution in [0.3, 0.4) is 0 Å². The molecule has 0 aliphatic carbocycles. The molecule has 162 valence electrons. The smallest absolute Gasteiger partial charge is 0.258 e. The number of carbonyl (C=O) groups excluding carboxylic acids is 1. The third kappa shape index (κ3) is 5.36. The number of pyridine rings is 1. The molecule has 2 aromatic heterocycles. The summed E-state index contributed by atoms with van der Waals surface area (Å²) in [6, 6.07) is 19.7. The minimum Gasteiger partial charge on any atom is -0.496 e. The third-order valence-corrected chi connectivity index (χ3v) is 6.00. The Balaban J connectivity index is 1.38. The van der Waals surface area contributed by atoms with Gasteiger partial charge in [0.2, 0.25) is 5.13 Å². The predicted octanol–water partition coefficient (Wildman–Crippen LogP) is 5.43. The zero-order valence-electron chi connectivity index (χ0n) is 17.8. The fourth-order valence-corrected chi connectivity index (χ4v) is 4.27. The van der Waals surface area contributed by atoms with Gasteiger partial charge in [0.25, 0.3) is 5.91 Å². The van der Waals surface area contributed by atoms with Crippen LogP contribution in [0.1, 0.15) is 33.8 Å². The highest BCUT2D eigenvalue weighted by Crippen LogP contribution is 2.32. The van der Waals surface area contributed by atoms with Gasteiger partial charge in [-0.05, 0) is 37.0 Å². The Labute approximate surface area is 191 Å². The molecule has 0 saturated carbocycles. The highest BCUT2D eigenvalue weighted by molar-refractivity contribution is 7.15. The summed E-state index contributed by atoms with van der Waals surface area (Å²) in [5, 5.41) is 12.7. The Morgan fingerprint density at radius 3 is 2.56 bits per heavy atom. The topological polar surface area (TPSA) is 77.0 Å². The number of hydrogen-bond donors (Lipinski definition) is 1. The van der Waals surface area contributed by atoms with Crippen molar-refractivity contribution in [1.82, 2.24) is 15.2 Å². The van der Waals surface area contributed by atoms with Crippen molar-refractivity contribution in [1.29, 1.82) is 0 Å². The van der Waals surface area contributed by atoms with E-state index in [-0.39, 0.29) is 5.91 Å². The number of para-hydroxylation sites is 1. The Kier molecular flexibility index (Phi) is 7.19. The predicted molar refractivity (Wildman–Crippen MR) is 127 cm³/mol. The molecule has 0 unspecified atom stereocenters. The Hall–Kier alpha value is -3.58. The zero-order chi connectivity index (χ0) is 22.2. The van der Waals surface area contributed by atoms with E-state index in [1.165, 1.54) is 16.9 Å². The van der Waals surface area contributed by atoms with Crippen molar-refractivity contribution in [3.8, 4) is 16.9 Å². The van der Waals surface area contributed by atoms with Crippen LogP contribution in [-0.4, -0.2) is 28.2 Å². The van der Waals surface area contributed by atoms with Gasteiger partial charge in [0, 0.05) is 29.9 Å². The van der Waals surface area contributed by atoms with E-state index in [9.17, 15) is 4.79 Å². The molecule has 1 N–H and O–H groups in total. The molecule has 0 spiro atoms. The van der Waals surface area contributed by atoms with Crippen LogP contribution in [0.2, 0.25) is 0 Å². The van der Waals surface area contributed by atoms with Crippen LogP contribution in [0.5, 0.6) is 5.75 Å². The molecule has 0 fully saturated rings. The van der Waals surface area contributed by atoms with E-state index < -0.39 is 0 Å². The quantitative estimate of drug-likeness (QED) is 0.349. The van der Waals surface area contributed by atoms with Crippen molar-refractivity contribution in [3.63, 3.8) is 0 Å². The number of rotatable bonds is 9. The summed E-state index contributed by atoms with van der Waals surface area (Å²) in [6.45, 7) is 0. The first-order valence-corrected chi connectivity index (χ1v) is 11.3. The van der Waals surface area contributed by atoms with Crippen molar-refractivity contribution in [2.45, 2.75) is 25.7 Å². The highest BCUT2D eigenvalue weighted by atomic mass is 32.1. The third-order valence-electron chi connectivity index (χ3n) is 5.10. The average molecular weight is 445 g/mol. The first kappa shape index (κ1) is 21.6. The van der Waals surface area contributed by atoms with Crippen molar-refractivity contribution < 1.29 is 9.53 Å².